The lowest BCUT2D eigenvalue weighted by atomic mass is 10.0. The molecule has 0 saturated carbocycles. The van der Waals surface area contributed by atoms with Gasteiger partial charge in [0.15, 0.2) is 5.92 Å². The molecule has 0 spiro atoms. The molecule has 3 rings (SSSR count). The summed E-state index contributed by atoms with van der Waals surface area (Å²) in [5, 5.41) is 14.3. The third-order valence-corrected chi connectivity index (χ3v) is 5.27. The largest absolute Gasteiger partial charge is 0.318 e. The number of hydrazone groups is 1. The molecule has 0 fully saturated rings. The maximum atomic E-state index is 12.3. The molecule has 1 aromatic heterocycles. The van der Waals surface area contributed by atoms with Gasteiger partial charge in [0.1, 0.15) is 0 Å². The summed E-state index contributed by atoms with van der Waals surface area (Å²) in [6.07, 6.45) is 1.56. The zero-order valence-corrected chi connectivity index (χ0v) is 17.4. The van der Waals surface area contributed by atoms with Crippen LogP contribution in [0.25, 0.3) is 5.69 Å². The number of nitrogens with zero attached hydrogens (tertiary/aromatic N) is 3. The van der Waals surface area contributed by atoms with E-state index in [0.717, 1.165) is 22.6 Å². The summed E-state index contributed by atoms with van der Waals surface area (Å²) in [7, 11) is 0. The van der Waals surface area contributed by atoms with Crippen molar-refractivity contribution in [2.45, 2.75) is 19.8 Å². The number of carbonyl (C=O) groups excluding carboxylic acids is 1. The highest BCUT2D eigenvalue weighted by Gasteiger charge is 2.19. The second-order valence-electron chi connectivity index (χ2n) is 6.47. The fourth-order valence-corrected chi connectivity index (χ4v) is 3.39. The number of nitriles is 1. The molecule has 5 nitrogen and oxygen atoms in total. The molecule has 0 aliphatic rings. The van der Waals surface area contributed by atoms with Gasteiger partial charge in [0, 0.05) is 22.6 Å². The lowest BCUT2D eigenvalue weighted by molar-refractivity contribution is -0.121. The molecular formula is C22H18Cl2N4O. The molecule has 0 aliphatic heterocycles. The number of hydrogen-bond donors (Lipinski definition) is 1. The van der Waals surface area contributed by atoms with Crippen molar-refractivity contribution in [1.29, 1.82) is 5.26 Å². The van der Waals surface area contributed by atoms with Crippen LogP contribution in [0.1, 0.15) is 28.4 Å². The SMILES string of the molecule is Cc1cc(/C=N\NC(=O)[C@H](C#N)c2ccccc2)c(C)n1-c1ccc(Cl)c(Cl)c1. The highest BCUT2D eigenvalue weighted by molar-refractivity contribution is 6.42. The predicted molar refractivity (Wildman–Crippen MR) is 116 cm³/mol. The van der Waals surface area contributed by atoms with Crippen LogP contribution in [0.4, 0.5) is 0 Å². The molecule has 1 heterocycles. The van der Waals surface area contributed by atoms with E-state index in [2.05, 4.69) is 10.5 Å². The van der Waals surface area contributed by atoms with Gasteiger partial charge in [0.25, 0.3) is 5.91 Å². The van der Waals surface area contributed by atoms with Crippen molar-refractivity contribution in [3.63, 3.8) is 0 Å². The summed E-state index contributed by atoms with van der Waals surface area (Å²) in [5.74, 6) is -1.40. The third-order valence-electron chi connectivity index (χ3n) is 4.53. The maximum Gasteiger partial charge on any atom is 0.261 e. The van der Waals surface area contributed by atoms with Gasteiger partial charge in [0.2, 0.25) is 0 Å². The van der Waals surface area contributed by atoms with Crippen molar-refractivity contribution >= 4 is 35.3 Å². The number of aryl methyl sites for hydroxylation is 1. The molecule has 1 amide bonds. The standard InChI is InChI=1S/C22H18Cl2N4O/c1-14-10-17(15(2)28(14)18-8-9-20(23)21(24)11-18)13-26-27-22(29)19(12-25)16-6-4-3-5-7-16/h3-11,13,19H,1-2H3,(H,27,29)/b26-13-/t19-/m1/s1. The molecule has 7 heteroatoms. The first kappa shape index (κ1) is 20.7. The number of hydrogen-bond acceptors (Lipinski definition) is 3. The first-order valence-corrected chi connectivity index (χ1v) is 9.60. The van der Waals surface area contributed by atoms with Gasteiger partial charge in [0.05, 0.1) is 22.3 Å². The third kappa shape index (κ3) is 4.51. The quantitative estimate of drug-likeness (QED) is 0.453. The molecule has 0 radical (unpaired) electrons. The number of aromatic nitrogens is 1. The normalized spacial score (nSPS) is 12.0. The van der Waals surface area contributed by atoms with Gasteiger partial charge in [-0.25, -0.2) is 5.43 Å². The fraction of sp³-hybridized carbons (Fsp3) is 0.136. The van der Waals surface area contributed by atoms with Crippen molar-refractivity contribution in [2.24, 2.45) is 5.10 Å². The number of rotatable bonds is 5. The number of halogens is 2. The van der Waals surface area contributed by atoms with E-state index in [-0.39, 0.29) is 0 Å². The molecule has 0 bridgehead atoms. The molecule has 0 unspecified atom stereocenters. The molecule has 146 valence electrons. The maximum absolute atomic E-state index is 12.3. The van der Waals surface area contributed by atoms with E-state index in [0.29, 0.717) is 15.6 Å². The van der Waals surface area contributed by atoms with Gasteiger partial charge in [-0.1, -0.05) is 53.5 Å². The van der Waals surface area contributed by atoms with Gasteiger partial charge >= 0.3 is 0 Å². The van der Waals surface area contributed by atoms with Crippen molar-refractivity contribution in [3.8, 4) is 11.8 Å². The molecule has 2 aromatic carbocycles. The number of amides is 1. The molecular weight excluding hydrogens is 407 g/mol. The second kappa shape index (κ2) is 8.95. The van der Waals surface area contributed by atoms with Crippen LogP contribution in [0.3, 0.4) is 0 Å². The number of benzene rings is 2. The predicted octanol–water partition coefficient (Wildman–Crippen LogP) is 5.16. The number of carbonyl (C=O) groups is 1. The Hall–Kier alpha value is -3.07. The summed E-state index contributed by atoms with van der Waals surface area (Å²) < 4.78 is 2.02. The highest BCUT2D eigenvalue weighted by atomic mass is 35.5. The number of nitrogens with one attached hydrogen (secondary N) is 1. The Kier molecular flexibility index (Phi) is 6.38. The Morgan fingerprint density at radius 1 is 1.14 bits per heavy atom. The Bertz CT molecular complexity index is 1110. The van der Waals surface area contributed by atoms with Crippen LogP contribution in [-0.2, 0) is 4.79 Å². The van der Waals surface area contributed by atoms with Crippen molar-refractivity contribution in [2.75, 3.05) is 0 Å². The molecule has 1 N–H and O–H groups in total. The lowest BCUT2D eigenvalue weighted by Crippen LogP contribution is -2.24. The first-order chi connectivity index (χ1) is 13.9. The van der Waals surface area contributed by atoms with E-state index in [4.69, 9.17) is 23.2 Å². The summed E-state index contributed by atoms with van der Waals surface area (Å²) in [6.45, 7) is 3.91. The van der Waals surface area contributed by atoms with Crippen LogP contribution < -0.4 is 5.43 Å². The molecule has 0 aliphatic carbocycles. The van der Waals surface area contributed by atoms with E-state index in [1.807, 2.05) is 42.7 Å². The smallest absolute Gasteiger partial charge is 0.261 e. The van der Waals surface area contributed by atoms with Crippen LogP contribution in [0, 0.1) is 25.2 Å². The average molecular weight is 425 g/mol. The summed E-state index contributed by atoms with van der Waals surface area (Å²) in [5.41, 5.74) is 6.70. The zero-order chi connectivity index (χ0) is 21.0. The first-order valence-electron chi connectivity index (χ1n) is 8.84. The minimum absolute atomic E-state index is 0.475. The zero-order valence-electron chi connectivity index (χ0n) is 15.9. The fourth-order valence-electron chi connectivity index (χ4n) is 3.10. The second-order valence-corrected chi connectivity index (χ2v) is 7.28. The van der Waals surface area contributed by atoms with Crippen molar-refractivity contribution in [3.05, 3.63) is 87.2 Å². The van der Waals surface area contributed by atoms with Crippen LogP contribution in [0.5, 0.6) is 0 Å². The minimum atomic E-state index is -0.919. The van der Waals surface area contributed by atoms with Gasteiger partial charge in [-0.15, -0.1) is 0 Å². The molecule has 29 heavy (non-hydrogen) atoms. The van der Waals surface area contributed by atoms with E-state index in [1.165, 1.54) is 0 Å². The van der Waals surface area contributed by atoms with Crippen LogP contribution >= 0.6 is 23.2 Å². The van der Waals surface area contributed by atoms with Gasteiger partial charge in [-0.2, -0.15) is 10.4 Å². The average Bonchev–Trinajstić information content (AvgIpc) is 2.99. The summed E-state index contributed by atoms with van der Waals surface area (Å²) in [6, 6.07) is 18.3. The molecule has 3 aromatic rings. The van der Waals surface area contributed by atoms with Crippen molar-refractivity contribution in [1.82, 2.24) is 9.99 Å². The summed E-state index contributed by atoms with van der Waals surface area (Å²) >= 11 is 12.1. The Morgan fingerprint density at radius 3 is 2.52 bits per heavy atom. The Balaban J connectivity index is 1.79. The van der Waals surface area contributed by atoms with Gasteiger partial charge in [-0.05, 0) is 43.7 Å². The van der Waals surface area contributed by atoms with Crippen LogP contribution in [0.2, 0.25) is 10.0 Å². The van der Waals surface area contributed by atoms with Crippen molar-refractivity contribution < 1.29 is 4.79 Å². The molecule has 1 atom stereocenters. The van der Waals surface area contributed by atoms with Gasteiger partial charge < -0.3 is 4.57 Å². The summed E-state index contributed by atoms with van der Waals surface area (Å²) in [4.78, 5) is 12.3. The monoisotopic (exact) mass is 424 g/mol. The topological polar surface area (TPSA) is 70.2 Å². The minimum Gasteiger partial charge on any atom is -0.318 e. The van der Waals surface area contributed by atoms with Gasteiger partial charge in [-0.3, -0.25) is 4.79 Å². The van der Waals surface area contributed by atoms with E-state index >= 15 is 0 Å². The van der Waals surface area contributed by atoms with E-state index in [1.54, 1.807) is 42.6 Å². The Labute approximate surface area is 179 Å². The van der Waals surface area contributed by atoms with Crippen LogP contribution in [-0.4, -0.2) is 16.7 Å². The highest BCUT2D eigenvalue weighted by Crippen LogP contribution is 2.27. The lowest BCUT2D eigenvalue weighted by Gasteiger charge is -2.10. The van der Waals surface area contributed by atoms with E-state index < -0.39 is 11.8 Å². The van der Waals surface area contributed by atoms with E-state index in [9.17, 15) is 10.1 Å². The Morgan fingerprint density at radius 2 is 1.86 bits per heavy atom. The molecule has 0 saturated heterocycles. The van der Waals surface area contributed by atoms with Crippen LogP contribution in [0.15, 0.2) is 59.7 Å².